The number of sulfonamides is 1. The molecule has 0 saturated carbocycles. The zero-order valence-corrected chi connectivity index (χ0v) is 18.6. The van der Waals surface area contributed by atoms with Crippen molar-refractivity contribution in [1.29, 1.82) is 0 Å². The first-order valence-corrected chi connectivity index (χ1v) is 12.9. The summed E-state index contributed by atoms with van der Waals surface area (Å²) in [5.41, 5.74) is 0.974. The summed E-state index contributed by atoms with van der Waals surface area (Å²) in [6, 6.07) is 21.9. The van der Waals surface area contributed by atoms with E-state index in [0.29, 0.717) is 11.5 Å². The fourth-order valence-electron chi connectivity index (χ4n) is 3.60. The summed E-state index contributed by atoms with van der Waals surface area (Å²) in [5.74, 6) is 1.23. The van der Waals surface area contributed by atoms with E-state index in [-0.39, 0.29) is 29.3 Å². The second kappa shape index (κ2) is 8.45. The van der Waals surface area contributed by atoms with Gasteiger partial charge in [0, 0.05) is 13.1 Å². The number of para-hydroxylation sites is 1. The Bertz CT molecular complexity index is 1270. The first-order chi connectivity index (χ1) is 14.8. The van der Waals surface area contributed by atoms with E-state index in [1.807, 2.05) is 31.2 Å². The van der Waals surface area contributed by atoms with Crippen LogP contribution in [0.4, 0.5) is 0 Å². The van der Waals surface area contributed by atoms with E-state index >= 15 is 0 Å². The molecule has 0 amide bonds. The van der Waals surface area contributed by atoms with E-state index in [9.17, 15) is 16.8 Å². The third kappa shape index (κ3) is 4.37. The van der Waals surface area contributed by atoms with Gasteiger partial charge in [-0.1, -0.05) is 36.4 Å². The van der Waals surface area contributed by atoms with Gasteiger partial charge in [-0.15, -0.1) is 0 Å². The van der Waals surface area contributed by atoms with E-state index < -0.39 is 25.1 Å². The highest BCUT2D eigenvalue weighted by Gasteiger charge is 2.39. The second-order valence-corrected chi connectivity index (χ2v) is 11.6. The van der Waals surface area contributed by atoms with Crippen molar-refractivity contribution in [2.75, 3.05) is 13.1 Å². The van der Waals surface area contributed by atoms with Crippen molar-refractivity contribution in [3.8, 4) is 11.5 Å². The molecule has 0 bridgehead atoms. The van der Waals surface area contributed by atoms with Gasteiger partial charge in [0.05, 0.1) is 15.0 Å². The van der Waals surface area contributed by atoms with Crippen LogP contribution in [0.15, 0.2) is 88.7 Å². The number of ether oxygens (including phenoxy) is 1. The van der Waals surface area contributed by atoms with Gasteiger partial charge in [-0.3, -0.25) is 0 Å². The molecule has 8 heteroatoms. The Labute approximate surface area is 183 Å². The van der Waals surface area contributed by atoms with Crippen molar-refractivity contribution in [2.45, 2.75) is 28.4 Å². The number of aryl methyl sites for hydroxylation is 1. The van der Waals surface area contributed by atoms with Gasteiger partial charge >= 0.3 is 0 Å². The van der Waals surface area contributed by atoms with Crippen molar-refractivity contribution in [2.24, 2.45) is 0 Å². The van der Waals surface area contributed by atoms with E-state index in [0.717, 1.165) is 5.56 Å². The standard InChI is InChI=1S/C23H23NO5S2/c1-18-7-5-6-10-23(18)29-19-11-13-21(14-12-19)31(27,28)24-16-15-22(17-24)30(25,26)20-8-3-2-4-9-20/h2-14,22H,15-17H2,1H3. The fourth-order valence-corrected chi connectivity index (χ4v) is 6.91. The maximum absolute atomic E-state index is 13.1. The van der Waals surface area contributed by atoms with Crippen LogP contribution in [0.3, 0.4) is 0 Å². The molecule has 0 aliphatic carbocycles. The molecular weight excluding hydrogens is 434 g/mol. The van der Waals surface area contributed by atoms with Crippen LogP contribution in [0.1, 0.15) is 12.0 Å². The quantitative estimate of drug-likeness (QED) is 0.558. The third-order valence-corrected chi connectivity index (χ3v) is 9.47. The van der Waals surface area contributed by atoms with E-state index in [4.69, 9.17) is 4.74 Å². The van der Waals surface area contributed by atoms with Crippen molar-refractivity contribution in [3.05, 3.63) is 84.4 Å². The summed E-state index contributed by atoms with van der Waals surface area (Å²) < 4.78 is 58.9. The Kier molecular flexibility index (Phi) is 5.88. The molecule has 0 spiro atoms. The molecule has 31 heavy (non-hydrogen) atoms. The van der Waals surface area contributed by atoms with Crippen molar-refractivity contribution in [1.82, 2.24) is 4.31 Å². The Hall–Kier alpha value is -2.68. The highest BCUT2D eigenvalue weighted by Crippen LogP contribution is 2.30. The second-order valence-electron chi connectivity index (χ2n) is 7.47. The monoisotopic (exact) mass is 457 g/mol. The molecule has 1 heterocycles. The predicted octanol–water partition coefficient (Wildman–Crippen LogP) is 4.02. The number of benzene rings is 3. The molecule has 1 fully saturated rings. The third-order valence-electron chi connectivity index (χ3n) is 5.40. The van der Waals surface area contributed by atoms with Crippen molar-refractivity contribution in [3.63, 3.8) is 0 Å². The zero-order chi connectivity index (χ0) is 22.1. The molecule has 3 aromatic carbocycles. The lowest BCUT2D eigenvalue weighted by molar-refractivity contribution is 0.473. The topological polar surface area (TPSA) is 80.8 Å². The molecule has 0 N–H and O–H groups in total. The van der Waals surface area contributed by atoms with Crippen LogP contribution in [-0.2, 0) is 19.9 Å². The van der Waals surface area contributed by atoms with Crippen molar-refractivity contribution < 1.29 is 21.6 Å². The van der Waals surface area contributed by atoms with Crippen LogP contribution in [0.2, 0.25) is 0 Å². The molecule has 3 aromatic rings. The summed E-state index contributed by atoms with van der Waals surface area (Å²) in [6.45, 7) is 2.04. The normalized spacial score (nSPS) is 17.5. The number of hydrogen-bond donors (Lipinski definition) is 0. The minimum atomic E-state index is -3.80. The Morgan fingerprint density at radius 1 is 0.806 bits per heavy atom. The predicted molar refractivity (Wildman–Crippen MR) is 118 cm³/mol. The smallest absolute Gasteiger partial charge is 0.243 e. The summed E-state index contributed by atoms with van der Waals surface area (Å²) in [7, 11) is -7.38. The average Bonchev–Trinajstić information content (AvgIpc) is 3.29. The lowest BCUT2D eigenvalue weighted by atomic mass is 10.2. The molecule has 1 aliphatic heterocycles. The van der Waals surface area contributed by atoms with Gasteiger partial charge < -0.3 is 4.74 Å². The molecule has 1 saturated heterocycles. The van der Waals surface area contributed by atoms with E-state index in [1.54, 1.807) is 42.5 Å². The van der Waals surface area contributed by atoms with Crippen LogP contribution < -0.4 is 4.74 Å². The average molecular weight is 458 g/mol. The molecule has 1 unspecified atom stereocenters. The van der Waals surface area contributed by atoms with Crippen LogP contribution in [0, 0.1) is 6.92 Å². The molecule has 1 atom stereocenters. The van der Waals surface area contributed by atoms with Gasteiger partial charge in [0.1, 0.15) is 11.5 Å². The lowest BCUT2D eigenvalue weighted by Gasteiger charge is -2.17. The summed E-state index contributed by atoms with van der Waals surface area (Å²) in [4.78, 5) is 0.333. The van der Waals surface area contributed by atoms with Gasteiger partial charge in [0.25, 0.3) is 0 Å². The molecule has 0 radical (unpaired) electrons. The largest absolute Gasteiger partial charge is 0.457 e. The maximum atomic E-state index is 13.1. The first kappa shape index (κ1) is 21.5. The van der Waals surface area contributed by atoms with Crippen molar-refractivity contribution >= 4 is 19.9 Å². The van der Waals surface area contributed by atoms with Crippen LogP contribution in [0.5, 0.6) is 11.5 Å². The molecular formula is C23H23NO5S2. The Morgan fingerprint density at radius 3 is 2.13 bits per heavy atom. The highest BCUT2D eigenvalue weighted by molar-refractivity contribution is 7.92. The molecule has 0 aromatic heterocycles. The molecule has 4 rings (SSSR count). The molecule has 6 nitrogen and oxygen atoms in total. The van der Waals surface area contributed by atoms with Crippen LogP contribution >= 0.6 is 0 Å². The van der Waals surface area contributed by atoms with Crippen LogP contribution in [0.25, 0.3) is 0 Å². The van der Waals surface area contributed by atoms with Gasteiger partial charge in [0.15, 0.2) is 9.84 Å². The summed E-state index contributed by atoms with van der Waals surface area (Å²) in [5, 5.41) is -0.756. The molecule has 1 aliphatic rings. The SMILES string of the molecule is Cc1ccccc1Oc1ccc(S(=O)(=O)N2CCC(S(=O)(=O)c3ccccc3)C2)cc1. The maximum Gasteiger partial charge on any atom is 0.243 e. The fraction of sp³-hybridized carbons (Fsp3) is 0.217. The van der Waals surface area contributed by atoms with E-state index in [2.05, 4.69) is 0 Å². The minimum absolute atomic E-state index is 0.0545. The number of sulfone groups is 1. The summed E-state index contributed by atoms with van der Waals surface area (Å²) >= 11 is 0. The highest BCUT2D eigenvalue weighted by atomic mass is 32.2. The van der Waals surface area contributed by atoms with Crippen LogP contribution in [-0.4, -0.2) is 39.5 Å². The van der Waals surface area contributed by atoms with Gasteiger partial charge in [-0.25, -0.2) is 16.8 Å². The number of nitrogens with zero attached hydrogens (tertiary/aromatic N) is 1. The Balaban J connectivity index is 1.49. The minimum Gasteiger partial charge on any atom is -0.457 e. The molecule has 162 valence electrons. The first-order valence-electron chi connectivity index (χ1n) is 9.91. The zero-order valence-electron chi connectivity index (χ0n) is 17.0. The summed E-state index contributed by atoms with van der Waals surface area (Å²) in [6.07, 6.45) is 0.269. The van der Waals surface area contributed by atoms with Gasteiger partial charge in [-0.05, 0) is 61.4 Å². The van der Waals surface area contributed by atoms with Gasteiger partial charge in [0.2, 0.25) is 10.0 Å². The number of hydrogen-bond acceptors (Lipinski definition) is 5. The van der Waals surface area contributed by atoms with Gasteiger partial charge in [-0.2, -0.15) is 4.31 Å². The number of rotatable bonds is 6. The Morgan fingerprint density at radius 2 is 1.45 bits per heavy atom. The lowest BCUT2D eigenvalue weighted by Crippen LogP contribution is -2.32. The van der Waals surface area contributed by atoms with E-state index in [1.165, 1.54) is 16.4 Å².